The first-order valence-electron chi connectivity index (χ1n) is 6.96. The standard InChI is InChI=1S/C15H23NO2S/c1-15(2)7-6-11-10(9-15)13(14(17)18)12(19-11)5-4-8-16-3/h16H,4-9H2,1-3H3,(H,17,18). The van der Waals surface area contributed by atoms with Gasteiger partial charge < -0.3 is 10.4 Å². The van der Waals surface area contributed by atoms with E-state index in [4.69, 9.17) is 0 Å². The summed E-state index contributed by atoms with van der Waals surface area (Å²) in [5.41, 5.74) is 1.97. The number of nitrogens with one attached hydrogen (secondary N) is 1. The summed E-state index contributed by atoms with van der Waals surface area (Å²) in [4.78, 5) is 14.0. The van der Waals surface area contributed by atoms with Crippen LogP contribution in [0, 0.1) is 5.41 Å². The molecule has 3 nitrogen and oxygen atoms in total. The lowest BCUT2D eigenvalue weighted by Crippen LogP contribution is -2.22. The SMILES string of the molecule is CNCCCc1sc2c(c1C(=O)O)CC(C)(C)CC2. The van der Waals surface area contributed by atoms with Crippen molar-refractivity contribution < 1.29 is 9.90 Å². The molecule has 1 heterocycles. The largest absolute Gasteiger partial charge is 0.478 e. The van der Waals surface area contributed by atoms with Gasteiger partial charge in [0, 0.05) is 9.75 Å². The number of hydrogen-bond donors (Lipinski definition) is 2. The summed E-state index contributed by atoms with van der Waals surface area (Å²) in [6, 6.07) is 0. The molecule has 0 aliphatic heterocycles. The van der Waals surface area contributed by atoms with E-state index in [1.165, 1.54) is 4.88 Å². The van der Waals surface area contributed by atoms with Crippen molar-refractivity contribution in [2.24, 2.45) is 5.41 Å². The molecule has 1 aromatic rings. The van der Waals surface area contributed by atoms with Crippen LogP contribution in [0.4, 0.5) is 0 Å². The third-order valence-electron chi connectivity index (χ3n) is 3.89. The summed E-state index contributed by atoms with van der Waals surface area (Å²) in [6.45, 7) is 5.41. The van der Waals surface area contributed by atoms with E-state index in [2.05, 4.69) is 19.2 Å². The van der Waals surface area contributed by atoms with Crippen LogP contribution in [0.3, 0.4) is 0 Å². The van der Waals surface area contributed by atoms with Crippen LogP contribution in [0.5, 0.6) is 0 Å². The number of hydrogen-bond acceptors (Lipinski definition) is 3. The molecule has 0 unspecified atom stereocenters. The predicted molar refractivity (Wildman–Crippen MR) is 79.3 cm³/mol. The first kappa shape index (κ1) is 14.5. The number of carboxylic acid groups (broad SMARTS) is 1. The van der Waals surface area contributed by atoms with E-state index in [-0.39, 0.29) is 5.41 Å². The topological polar surface area (TPSA) is 49.3 Å². The molecule has 0 radical (unpaired) electrons. The quantitative estimate of drug-likeness (QED) is 0.815. The van der Waals surface area contributed by atoms with Gasteiger partial charge in [-0.2, -0.15) is 0 Å². The lowest BCUT2D eigenvalue weighted by molar-refractivity contribution is 0.0694. The molecule has 0 bridgehead atoms. The molecular formula is C15H23NO2S. The monoisotopic (exact) mass is 281 g/mol. The minimum absolute atomic E-state index is 0.237. The van der Waals surface area contributed by atoms with Crippen LogP contribution < -0.4 is 5.32 Å². The Labute approximate surface area is 119 Å². The zero-order chi connectivity index (χ0) is 14.0. The van der Waals surface area contributed by atoms with E-state index in [9.17, 15) is 9.90 Å². The maximum atomic E-state index is 11.6. The fourth-order valence-electron chi connectivity index (χ4n) is 2.83. The highest BCUT2D eigenvalue weighted by atomic mass is 32.1. The summed E-state index contributed by atoms with van der Waals surface area (Å²) >= 11 is 1.73. The van der Waals surface area contributed by atoms with E-state index in [0.717, 1.165) is 49.1 Å². The molecule has 1 aliphatic carbocycles. The van der Waals surface area contributed by atoms with E-state index < -0.39 is 5.97 Å². The molecule has 0 fully saturated rings. The first-order chi connectivity index (χ1) is 8.94. The molecule has 2 rings (SSSR count). The average Bonchev–Trinajstić information content (AvgIpc) is 2.65. The number of rotatable bonds is 5. The molecular weight excluding hydrogens is 258 g/mol. The molecule has 4 heteroatoms. The van der Waals surface area contributed by atoms with Crippen molar-refractivity contribution in [2.45, 2.75) is 46.0 Å². The van der Waals surface area contributed by atoms with Crippen LogP contribution in [0.1, 0.15) is 52.4 Å². The number of aryl methyl sites for hydroxylation is 2. The third kappa shape index (κ3) is 3.18. The third-order valence-corrected chi connectivity index (χ3v) is 5.24. The molecule has 2 N–H and O–H groups in total. The number of thiophene rings is 1. The van der Waals surface area contributed by atoms with Gasteiger partial charge in [0.15, 0.2) is 0 Å². The predicted octanol–water partition coefficient (Wildman–Crippen LogP) is 3.11. The summed E-state index contributed by atoms with van der Waals surface area (Å²) in [6.07, 6.45) is 4.99. The van der Waals surface area contributed by atoms with Gasteiger partial charge in [-0.05, 0) is 56.7 Å². The fourth-order valence-corrected chi connectivity index (χ4v) is 4.18. The molecule has 1 aromatic heterocycles. The minimum Gasteiger partial charge on any atom is -0.478 e. The number of carboxylic acids is 1. The lowest BCUT2D eigenvalue weighted by Gasteiger charge is -2.29. The Bertz CT molecular complexity index is 477. The van der Waals surface area contributed by atoms with Gasteiger partial charge in [-0.15, -0.1) is 11.3 Å². The van der Waals surface area contributed by atoms with Crippen molar-refractivity contribution in [3.63, 3.8) is 0 Å². The smallest absolute Gasteiger partial charge is 0.337 e. The van der Waals surface area contributed by atoms with E-state index in [1.807, 2.05) is 7.05 Å². The highest BCUT2D eigenvalue weighted by Gasteiger charge is 2.32. The van der Waals surface area contributed by atoms with Gasteiger partial charge in [-0.3, -0.25) is 0 Å². The van der Waals surface area contributed by atoms with Crippen LogP contribution in [-0.2, 0) is 19.3 Å². The average molecular weight is 281 g/mol. The molecule has 0 atom stereocenters. The highest BCUT2D eigenvalue weighted by molar-refractivity contribution is 7.12. The molecule has 0 saturated heterocycles. The number of carbonyl (C=O) groups is 1. The second-order valence-electron chi connectivity index (χ2n) is 6.16. The normalized spacial score (nSPS) is 17.2. The Kier molecular flexibility index (Phi) is 4.31. The number of aromatic carboxylic acids is 1. The first-order valence-corrected chi connectivity index (χ1v) is 7.77. The van der Waals surface area contributed by atoms with Crippen molar-refractivity contribution in [1.82, 2.24) is 5.32 Å². The van der Waals surface area contributed by atoms with Crippen LogP contribution >= 0.6 is 11.3 Å². The zero-order valence-corrected chi connectivity index (χ0v) is 12.8. The minimum atomic E-state index is -0.741. The second-order valence-corrected chi connectivity index (χ2v) is 7.34. The molecule has 19 heavy (non-hydrogen) atoms. The van der Waals surface area contributed by atoms with Crippen LogP contribution in [0.25, 0.3) is 0 Å². The van der Waals surface area contributed by atoms with Crippen molar-refractivity contribution in [3.05, 3.63) is 20.9 Å². The van der Waals surface area contributed by atoms with Crippen molar-refractivity contribution in [3.8, 4) is 0 Å². The van der Waals surface area contributed by atoms with Gasteiger partial charge in [0.1, 0.15) is 0 Å². The lowest BCUT2D eigenvalue weighted by atomic mass is 9.76. The molecule has 0 spiro atoms. The van der Waals surface area contributed by atoms with Gasteiger partial charge in [-0.1, -0.05) is 13.8 Å². The van der Waals surface area contributed by atoms with Crippen LogP contribution in [0.15, 0.2) is 0 Å². The maximum Gasteiger partial charge on any atom is 0.337 e. The van der Waals surface area contributed by atoms with E-state index in [0.29, 0.717) is 5.56 Å². The Morgan fingerprint density at radius 2 is 2.21 bits per heavy atom. The van der Waals surface area contributed by atoms with Crippen LogP contribution in [0.2, 0.25) is 0 Å². The Hall–Kier alpha value is -0.870. The summed E-state index contributed by atoms with van der Waals surface area (Å²) < 4.78 is 0. The molecule has 106 valence electrons. The zero-order valence-electron chi connectivity index (χ0n) is 12.0. The number of fused-ring (bicyclic) bond motifs is 1. The second kappa shape index (κ2) is 5.63. The summed E-state index contributed by atoms with van der Waals surface area (Å²) in [7, 11) is 1.93. The molecule has 0 amide bonds. The Balaban J connectivity index is 2.30. The summed E-state index contributed by atoms with van der Waals surface area (Å²) in [5, 5.41) is 12.6. The van der Waals surface area contributed by atoms with Gasteiger partial charge in [0.2, 0.25) is 0 Å². The van der Waals surface area contributed by atoms with Crippen LogP contribution in [-0.4, -0.2) is 24.7 Å². The van der Waals surface area contributed by atoms with Crippen molar-refractivity contribution in [1.29, 1.82) is 0 Å². The molecule has 0 saturated carbocycles. The van der Waals surface area contributed by atoms with Gasteiger partial charge in [0.05, 0.1) is 5.56 Å². The maximum absolute atomic E-state index is 11.6. The van der Waals surface area contributed by atoms with Gasteiger partial charge in [0.25, 0.3) is 0 Å². The van der Waals surface area contributed by atoms with E-state index >= 15 is 0 Å². The fraction of sp³-hybridized carbons (Fsp3) is 0.667. The Morgan fingerprint density at radius 1 is 1.47 bits per heavy atom. The Morgan fingerprint density at radius 3 is 2.84 bits per heavy atom. The van der Waals surface area contributed by atoms with E-state index in [1.54, 1.807) is 11.3 Å². The van der Waals surface area contributed by atoms with Crippen molar-refractivity contribution >= 4 is 17.3 Å². The summed E-state index contributed by atoms with van der Waals surface area (Å²) in [5.74, 6) is -0.741. The van der Waals surface area contributed by atoms with Gasteiger partial charge in [-0.25, -0.2) is 4.79 Å². The van der Waals surface area contributed by atoms with Gasteiger partial charge >= 0.3 is 5.97 Å². The molecule has 1 aliphatic rings. The highest BCUT2D eigenvalue weighted by Crippen LogP contribution is 2.41. The molecule has 0 aromatic carbocycles. The van der Waals surface area contributed by atoms with Crippen molar-refractivity contribution in [2.75, 3.05) is 13.6 Å².